The molecule has 3 rings (SSSR count). The van der Waals surface area contributed by atoms with E-state index < -0.39 is 5.97 Å². The van der Waals surface area contributed by atoms with E-state index in [-0.39, 0.29) is 17.5 Å². The van der Waals surface area contributed by atoms with Crippen LogP contribution in [-0.2, 0) is 4.74 Å². The van der Waals surface area contributed by atoms with Gasteiger partial charge in [0.25, 0.3) is 5.91 Å². The van der Waals surface area contributed by atoms with Crippen LogP contribution in [-0.4, -0.2) is 57.6 Å². The minimum Gasteiger partial charge on any atom is -0.465 e. The van der Waals surface area contributed by atoms with Gasteiger partial charge in [0.15, 0.2) is 0 Å². The SMILES string of the molecule is COC(=O)c1ccccc1C(=O)NC[C@@H](c1ccc(N(C)C)cc1)N1CCCC1. The molecule has 0 saturated carbocycles. The van der Waals surface area contributed by atoms with Crippen LogP contribution in [0.4, 0.5) is 5.69 Å². The van der Waals surface area contributed by atoms with Crippen LogP contribution < -0.4 is 10.2 Å². The molecule has 0 bridgehead atoms. The number of amides is 1. The minimum atomic E-state index is -0.508. The molecule has 1 N–H and O–H groups in total. The van der Waals surface area contributed by atoms with Crippen molar-refractivity contribution in [3.63, 3.8) is 0 Å². The van der Waals surface area contributed by atoms with Crippen molar-refractivity contribution < 1.29 is 14.3 Å². The fourth-order valence-corrected chi connectivity index (χ4v) is 3.76. The third-order valence-corrected chi connectivity index (χ3v) is 5.41. The van der Waals surface area contributed by atoms with Gasteiger partial charge in [-0.3, -0.25) is 9.69 Å². The molecule has 0 radical (unpaired) electrons. The maximum absolute atomic E-state index is 12.8. The van der Waals surface area contributed by atoms with Crippen molar-refractivity contribution in [3.8, 4) is 0 Å². The summed E-state index contributed by atoms with van der Waals surface area (Å²) >= 11 is 0. The average Bonchev–Trinajstić information content (AvgIpc) is 3.28. The molecule has 1 amide bonds. The Labute approximate surface area is 172 Å². The highest BCUT2D eigenvalue weighted by Crippen LogP contribution is 2.26. The van der Waals surface area contributed by atoms with E-state index in [0.717, 1.165) is 18.8 Å². The van der Waals surface area contributed by atoms with Crippen molar-refractivity contribution in [3.05, 3.63) is 65.2 Å². The fraction of sp³-hybridized carbons (Fsp3) is 0.391. The van der Waals surface area contributed by atoms with Crippen molar-refractivity contribution in [2.75, 3.05) is 45.7 Å². The van der Waals surface area contributed by atoms with Crippen molar-refractivity contribution in [2.45, 2.75) is 18.9 Å². The number of ether oxygens (including phenoxy) is 1. The van der Waals surface area contributed by atoms with Gasteiger partial charge < -0.3 is 15.0 Å². The van der Waals surface area contributed by atoms with Gasteiger partial charge in [0.1, 0.15) is 0 Å². The summed E-state index contributed by atoms with van der Waals surface area (Å²) in [6.45, 7) is 2.53. The summed E-state index contributed by atoms with van der Waals surface area (Å²) in [5.74, 6) is -0.772. The summed E-state index contributed by atoms with van der Waals surface area (Å²) in [4.78, 5) is 29.3. The first kappa shape index (κ1) is 20.9. The summed E-state index contributed by atoms with van der Waals surface area (Å²) in [7, 11) is 5.36. The van der Waals surface area contributed by atoms with Crippen LogP contribution in [0.5, 0.6) is 0 Å². The van der Waals surface area contributed by atoms with E-state index in [1.807, 2.05) is 14.1 Å². The quantitative estimate of drug-likeness (QED) is 0.730. The molecule has 1 saturated heterocycles. The van der Waals surface area contributed by atoms with Crippen LogP contribution in [0, 0.1) is 0 Å². The summed E-state index contributed by atoms with van der Waals surface area (Å²) in [6.07, 6.45) is 2.34. The predicted molar refractivity (Wildman–Crippen MR) is 114 cm³/mol. The van der Waals surface area contributed by atoms with Crippen molar-refractivity contribution in [2.24, 2.45) is 0 Å². The molecule has 0 spiro atoms. The van der Waals surface area contributed by atoms with Gasteiger partial charge in [0, 0.05) is 26.3 Å². The lowest BCUT2D eigenvalue weighted by molar-refractivity contribution is 0.0596. The Bertz CT molecular complexity index is 843. The van der Waals surface area contributed by atoms with Gasteiger partial charge in [0.05, 0.1) is 24.3 Å². The molecule has 2 aromatic rings. The first-order chi connectivity index (χ1) is 14.0. The average molecular weight is 396 g/mol. The zero-order valence-corrected chi connectivity index (χ0v) is 17.4. The number of carbonyl (C=O) groups is 2. The van der Waals surface area contributed by atoms with Crippen molar-refractivity contribution >= 4 is 17.6 Å². The molecule has 2 aromatic carbocycles. The molecule has 6 nitrogen and oxygen atoms in total. The standard InChI is InChI=1S/C23H29N3O3/c1-25(2)18-12-10-17(11-13-18)21(26-14-6-7-15-26)16-24-22(27)19-8-4-5-9-20(19)23(28)29-3/h4-5,8-13,21H,6-7,14-16H2,1-3H3,(H,24,27)/t21-/m0/s1. The number of hydrogen-bond acceptors (Lipinski definition) is 5. The summed E-state index contributed by atoms with van der Waals surface area (Å²) in [5, 5.41) is 3.03. The van der Waals surface area contributed by atoms with E-state index in [9.17, 15) is 9.59 Å². The number of likely N-dealkylation sites (tertiary alicyclic amines) is 1. The molecule has 154 valence electrons. The normalized spacial score (nSPS) is 15.0. The molecule has 29 heavy (non-hydrogen) atoms. The Balaban J connectivity index is 1.77. The molecule has 0 aromatic heterocycles. The van der Waals surface area contributed by atoms with Gasteiger partial charge in [-0.25, -0.2) is 4.79 Å². The van der Waals surface area contributed by atoms with E-state index in [2.05, 4.69) is 39.4 Å². The van der Waals surface area contributed by atoms with E-state index >= 15 is 0 Å². The lowest BCUT2D eigenvalue weighted by atomic mass is 10.0. The van der Waals surface area contributed by atoms with Gasteiger partial charge >= 0.3 is 5.97 Å². The molecule has 1 fully saturated rings. The molecule has 0 unspecified atom stereocenters. The van der Waals surface area contributed by atoms with Crippen molar-refractivity contribution in [1.29, 1.82) is 0 Å². The summed E-state index contributed by atoms with van der Waals surface area (Å²) < 4.78 is 4.80. The third kappa shape index (κ3) is 4.95. The number of nitrogens with one attached hydrogen (secondary N) is 1. The highest BCUT2D eigenvalue weighted by atomic mass is 16.5. The van der Waals surface area contributed by atoms with Crippen LogP contribution in [0.3, 0.4) is 0 Å². The number of carbonyl (C=O) groups excluding carboxylic acids is 2. The van der Waals surface area contributed by atoms with Gasteiger partial charge in [-0.05, 0) is 55.8 Å². The Morgan fingerprint density at radius 3 is 2.24 bits per heavy atom. The van der Waals surface area contributed by atoms with Crippen LogP contribution in [0.25, 0.3) is 0 Å². The number of methoxy groups -OCH3 is 1. The van der Waals surface area contributed by atoms with Gasteiger partial charge in [-0.15, -0.1) is 0 Å². The molecule has 1 atom stereocenters. The lowest BCUT2D eigenvalue weighted by Crippen LogP contribution is -2.37. The Kier molecular flexibility index (Phi) is 6.88. The maximum atomic E-state index is 12.8. The Morgan fingerprint density at radius 1 is 1.03 bits per heavy atom. The second-order valence-electron chi connectivity index (χ2n) is 7.49. The first-order valence-electron chi connectivity index (χ1n) is 9.98. The Morgan fingerprint density at radius 2 is 1.66 bits per heavy atom. The number of nitrogens with zero attached hydrogens (tertiary/aromatic N) is 2. The van der Waals surface area contributed by atoms with Crippen LogP contribution in [0.2, 0.25) is 0 Å². The fourth-order valence-electron chi connectivity index (χ4n) is 3.76. The first-order valence-corrected chi connectivity index (χ1v) is 9.98. The van der Waals surface area contributed by atoms with Gasteiger partial charge in [-0.2, -0.15) is 0 Å². The second-order valence-corrected chi connectivity index (χ2v) is 7.49. The largest absolute Gasteiger partial charge is 0.465 e. The highest BCUT2D eigenvalue weighted by molar-refractivity contribution is 6.05. The zero-order chi connectivity index (χ0) is 20.8. The zero-order valence-electron chi connectivity index (χ0n) is 17.4. The summed E-state index contributed by atoms with van der Waals surface area (Å²) in [6, 6.07) is 15.3. The number of benzene rings is 2. The smallest absolute Gasteiger partial charge is 0.338 e. The molecular formula is C23H29N3O3. The second kappa shape index (κ2) is 9.56. The third-order valence-electron chi connectivity index (χ3n) is 5.41. The number of hydrogen-bond donors (Lipinski definition) is 1. The summed E-state index contributed by atoms with van der Waals surface area (Å²) in [5.41, 5.74) is 2.94. The van der Waals surface area contributed by atoms with Gasteiger partial charge in [0.2, 0.25) is 0 Å². The molecule has 0 aliphatic carbocycles. The molecule has 1 heterocycles. The monoisotopic (exact) mass is 395 g/mol. The molecule has 1 aliphatic heterocycles. The number of esters is 1. The van der Waals surface area contributed by atoms with Crippen LogP contribution in [0.1, 0.15) is 45.2 Å². The maximum Gasteiger partial charge on any atom is 0.338 e. The van der Waals surface area contributed by atoms with Crippen LogP contribution >= 0.6 is 0 Å². The highest BCUT2D eigenvalue weighted by Gasteiger charge is 2.25. The predicted octanol–water partition coefficient (Wildman–Crippen LogP) is 3.11. The van der Waals surface area contributed by atoms with E-state index in [1.165, 1.54) is 25.5 Å². The van der Waals surface area contributed by atoms with E-state index in [1.54, 1.807) is 24.3 Å². The molecule has 6 heteroatoms. The Hall–Kier alpha value is -2.86. The lowest BCUT2D eigenvalue weighted by Gasteiger charge is -2.28. The molecular weight excluding hydrogens is 366 g/mol. The van der Waals surface area contributed by atoms with E-state index in [4.69, 9.17) is 4.74 Å². The van der Waals surface area contributed by atoms with Crippen LogP contribution in [0.15, 0.2) is 48.5 Å². The van der Waals surface area contributed by atoms with Crippen molar-refractivity contribution in [1.82, 2.24) is 10.2 Å². The number of rotatable bonds is 7. The number of anilines is 1. The minimum absolute atomic E-state index is 0.1000. The topological polar surface area (TPSA) is 61.9 Å². The van der Waals surface area contributed by atoms with E-state index in [0.29, 0.717) is 12.1 Å². The van der Waals surface area contributed by atoms with Gasteiger partial charge in [-0.1, -0.05) is 24.3 Å². The molecule has 1 aliphatic rings.